The summed E-state index contributed by atoms with van der Waals surface area (Å²) >= 11 is 0. The number of hydrogen-bond donors (Lipinski definition) is 1. The van der Waals surface area contributed by atoms with Gasteiger partial charge in [0.2, 0.25) is 5.91 Å². The maximum absolute atomic E-state index is 12.8. The van der Waals surface area contributed by atoms with E-state index in [2.05, 4.69) is 5.32 Å². The largest absolute Gasteiger partial charge is 0.497 e. The van der Waals surface area contributed by atoms with Crippen LogP contribution in [-0.4, -0.2) is 44.8 Å². The van der Waals surface area contributed by atoms with Crippen LogP contribution in [0.3, 0.4) is 0 Å². The molecule has 29 heavy (non-hydrogen) atoms. The van der Waals surface area contributed by atoms with Gasteiger partial charge in [0, 0.05) is 37.0 Å². The monoisotopic (exact) mass is 397 g/mol. The van der Waals surface area contributed by atoms with Gasteiger partial charge in [0.1, 0.15) is 11.5 Å². The first-order chi connectivity index (χ1) is 14.0. The Balaban J connectivity index is 1.65. The molecule has 7 heteroatoms. The third-order valence-corrected chi connectivity index (χ3v) is 4.84. The summed E-state index contributed by atoms with van der Waals surface area (Å²) in [6.45, 7) is 5.38. The molecule has 3 amide bonds. The summed E-state index contributed by atoms with van der Waals surface area (Å²) in [6, 6.07) is 14.3. The van der Waals surface area contributed by atoms with Crippen LogP contribution in [0.5, 0.6) is 11.5 Å². The summed E-state index contributed by atoms with van der Waals surface area (Å²) in [5, 5.41) is 2.99. The predicted molar refractivity (Wildman–Crippen MR) is 113 cm³/mol. The van der Waals surface area contributed by atoms with Gasteiger partial charge in [-0.1, -0.05) is 6.07 Å². The molecule has 0 radical (unpaired) electrons. The van der Waals surface area contributed by atoms with Crippen molar-refractivity contribution < 1.29 is 19.1 Å². The fourth-order valence-corrected chi connectivity index (χ4v) is 3.42. The summed E-state index contributed by atoms with van der Waals surface area (Å²) in [6.07, 6.45) is 0.268. The van der Waals surface area contributed by atoms with Crippen LogP contribution in [0.15, 0.2) is 48.5 Å². The van der Waals surface area contributed by atoms with Crippen LogP contribution in [0.25, 0.3) is 0 Å². The van der Waals surface area contributed by atoms with E-state index in [1.54, 1.807) is 16.9 Å². The second-order valence-electron chi connectivity index (χ2n) is 6.73. The lowest BCUT2D eigenvalue weighted by Crippen LogP contribution is -2.46. The SMILES string of the molecule is CCOc1ccc(N(CC)C(=O)N[C@@H]2CC(=O)N(c3cccc(OC)c3)C2)cc1. The Morgan fingerprint density at radius 1 is 1.17 bits per heavy atom. The van der Waals surface area contributed by atoms with Crippen molar-refractivity contribution in [1.29, 1.82) is 0 Å². The Morgan fingerprint density at radius 3 is 2.59 bits per heavy atom. The highest BCUT2D eigenvalue weighted by Gasteiger charge is 2.32. The Morgan fingerprint density at radius 2 is 1.93 bits per heavy atom. The van der Waals surface area contributed by atoms with Crippen molar-refractivity contribution in [2.75, 3.05) is 36.6 Å². The minimum absolute atomic E-state index is 0.0207. The maximum atomic E-state index is 12.8. The normalized spacial score (nSPS) is 15.9. The zero-order valence-corrected chi connectivity index (χ0v) is 17.1. The molecule has 154 valence electrons. The predicted octanol–water partition coefficient (Wildman–Crippen LogP) is 3.44. The number of nitrogens with zero attached hydrogens (tertiary/aromatic N) is 2. The first-order valence-electron chi connectivity index (χ1n) is 9.81. The van der Waals surface area contributed by atoms with Gasteiger partial charge < -0.3 is 19.7 Å². The van der Waals surface area contributed by atoms with E-state index in [0.29, 0.717) is 25.4 Å². The highest BCUT2D eigenvalue weighted by molar-refractivity contribution is 5.98. The molecule has 0 aliphatic carbocycles. The number of anilines is 2. The van der Waals surface area contributed by atoms with E-state index in [4.69, 9.17) is 9.47 Å². The Labute approximate surface area is 171 Å². The second kappa shape index (κ2) is 9.32. The van der Waals surface area contributed by atoms with Crippen molar-refractivity contribution in [2.45, 2.75) is 26.3 Å². The molecule has 1 fully saturated rings. The number of nitrogens with one attached hydrogen (secondary N) is 1. The number of benzene rings is 2. The summed E-state index contributed by atoms with van der Waals surface area (Å²) < 4.78 is 10.7. The summed E-state index contributed by atoms with van der Waals surface area (Å²) in [7, 11) is 1.59. The summed E-state index contributed by atoms with van der Waals surface area (Å²) in [4.78, 5) is 28.6. The van der Waals surface area contributed by atoms with Crippen LogP contribution in [0.2, 0.25) is 0 Å². The molecular formula is C22H27N3O4. The molecule has 0 unspecified atom stereocenters. The topological polar surface area (TPSA) is 71.1 Å². The molecule has 0 saturated carbocycles. The van der Waals surface area contributed by atoms with Crippen molar-refractivity contribution >= 4 is 23.3 Å². The fourth-order valence-electron chi connectivity index (χ4n) is 3.42. The molecule has 2 aromatic carbocycles. The fraction of sp³-hybridized carbons (Fsp3) is 0.364. The molecule has 2 aromatic rings. The average molecular weight is 397 g/mol. The van der Waals surface area contributed by atoms with Gasteiger partial charge in [0.15, 0.2) is 0 Å². The Hall–Kier alpha value is -3.22. The molecule has 1 aliphatic rings. The molecular weight excluding hydrogens is 370 g/mol. The van der Waals surface area contributed by atoms with Gasteiger partial charge in [-0.3, -0.25) is 9.69 Å². The van der Waals surface area contributed by atoms with Crippen molar-refractivity contribution in [3.63, 3.8) is 0 Å². The minimum Gasteiger partial charge on any atom is -0.497 e. The lowest BCUT2D eigenvalue weighted by atomic mass is 10.2. The number of rotatable bonds is 7. The number of amides is 3. The van der Waals surface area contributed by atoms with E-state index in [9.17, 15) is 9.59 Å². The van der Waals surface area contributed by atoms with Gasteiger partial charge in [-0.15, -0.1) is 0 Å². The standard InChI is InChI=1S/C22H27N3O4/c1-4-24(17-9-11-19(12-10-17)29-5-2)22(27)23-16-13-21(26)25(15-16)18-7-6-8-20(14-18)28-3/h6-12,14,16H,4-5,13,15H2,1-3H3,(H,23,27)/t16-/m1/s1. The van der Waals surface area contributed by atoms with Crippen molar-refractivity contribution in [3.8, 4) is 11.5 Å². The first-order valence-corrected chi connectivity index (χ1v) is 9.81. The molecule has 0 aromatic heterocycles. The Bertz CT molecular complexity index is 853. The van der Waals surface area contributed by atoms with E-state index in [1.165, 1.54) is 0 Å². The van der Waals surface area contributed by atoms with Crippen LogP contribution in [0, 0.1) is 0 Å². The van der Waals surface area contributed by atoms with Crippen LogP contribution >= 0.6 is 0 Å². The van der Waals surface area contributed by atoms with Crippen LogP contribution < -0.4 is 24.6 Å². The molecule has 0 bridgehead atoms. The zero-order valence-electron chi connectivity index (χ0n) is 17.1. The molecule has 3 rings (SSSR count). The average Bonchev–Trinajstić information content (AvgIpc) is 3.10. The lowest BCUT2D eigenvalue weighted by Gasteiger charge is -2.24. The van der Waals surface area contributed by atoms with Gasteiger partial charge >= 0.3 is 6.03 Å². The number of urea groups is 1. The number of methoxy groups -OCH3 is 1. The van der Waals surface area contributed by atoms with E-state index in [-0.39, 0.29) is 24.4 Å². The van der Waals surface area contributed by atoms with Crippen molar-refractivity contribution in [3.05, 3.63) is 48.5 Å². The van der Waals surface area contributed by atoms with Crippen molar-refractivity contribution in [2.24, 2.45) is 0 Å². The third kappa shape index (κ3) is 4.80. The van der Waals surface area contributed by atoms with Gasteiger partial charge in [-0.05, 0) is 50.2 Å². The van der Waals surface area contributed by atoms with Crippen LogP contribution in [0.4, 0.5) is 16.2 Å². The zero-order chi connectivity index (χ0) is 20.8. The number of hydrogen-bond acceptors (Lipinski definition) is 4. The van der Waals surface area contributed by atoms with Gasteiger partial charge in [0.05, 0.1) is 19.8 Å². The van der Waals surface area contributed by atoms with E-state index < -0.39 is 0 Å². The first kappa shape index (κ1) is 20.5. The molecule has 1 aliphatic heterocycles. The summed E-state index contributed by atoms with van der Waals surface area (Å²) in [5.41, 5.74) is 1.55. The van der Waals surface area contributed by atoms with E-state index in [1.807, 2.05) is 62.4 Å². The number of ether oxygens (including phenoxy) is 2. The molecule has 1 N–H and O–H groups in total. The molecule has 1 heterocycles. The highest BCUT2D eigenvalue weighted by Crippen LogP contribution is 2.26. The quantitative estimate of drug-likeness (QED) is 0.777. The molecule has 1 atom stereocenters. The Kier molecular flexibility index (Phi) is 6.59. The van der Waals surface area contributed by atoms with Gasteiger partial charge in [0.25, 0.3) is 0 Å². The van der Waals surface area contributed by atoms with Gasteiger partial charge in [-0.25, -0.2) is 4.79 Å². The smallest absolute Gasteiger partial charge is 0.322 e. The molecule has 1 saturated heterocycles. The van der Waals surface area contributed by atoms with Crippen LogP contribution in [-0.2, 0) is 4.79 Å². The number of carbonyl (C=O) groups excluding carboxylic acids is 2. The highest BCUT2D eigenvalue weighted by atomic mass is 16.5. The van der Waals surface area contributed by atoms with Crippen LogP contribution in [0.1, 0.15) is 20.3 Å². The van der Waals surface area contributed by atoms with E-state index in [0.717, 1.165) is 17.1 Å². The van der Waals surface area contributed by atoms with Gasteiger partial charge in [-0.2, -0.15) is 0 Å². The molecule has 7 nitrogen and oxygen atoms in total. The summed E-state index contributed by atoms with van der Waals surface area (Å²) in [5.74, 6) is 1.44. The third-order valence-electron chi connectivity index (χ3n) is 4.84. The second-order valence-corrected chi connectivity index (χ2v) is 6.73. The van der Waals surface area contributed by atoms with E-state index >= 15 is 0 Å². The lowest BCUT2D eigenvalue weighted by molar-refractivity contribution is -0.117. The number of carbonyl (C=O) groups is 2. The minimum atomic E-state index is -0.252. The maximum Gasteiger partial charge on any atom is 0.322 e. The molecule has 0 spiro atoms. The van der Waals surface area contributed by atoms with Crippen molar-refractivity contribution in [1.82, 2.24) is 5.32 Å².